The minimum Gasteiger partial charge on any atom is -0.302 e. The molecule has 4 rings (SSSR count). The molecular weight excluding hydrogens is 434 g/mol. The topological polar surface area (TPSA) is 98.9 Å². The number of rotatable bonds is 4. The van der Waals surface area contributed by atoms with Crippen LogP contribution in [0, 0.1) is 0 Å². The number of nitrogens with one attached hydrogen (secondary N) is 1. The Morgan fingerprint density at radius 1 is 1.17 bits per heavy atom. The van der Waals surface area contributed by atoms with Gasteiger partial charge in [0, 0.05) is 34.9 Å². The molecule has 148 valence electrons. The highest BCUT2D eigenvalue weighted by molar-refractivity contribution is 7.14. The van der Waals surface area contributed by atoms with E-state index in [1.165, 1.54) is 23.0 Å². The molecule has 0 fully saturated rings. The van der Waals surface area contributed by atoms with Crippen molar-refractivity contribution < 1.29 is 4.79 Å². The monoisotopic (exact) mass is 447 g/mol. The fourth-order valence-corrected chi connectivity index (χ4v) is 4.58. The minimum absolute atomic E-state index is 0.0372. The molecule has 0 spiro atoms. The Balaban J connectivity index is 1.56. The number of anilines is 1. The number of carbonyl (C=O) groups is 1. The molecule has 0 bridgehead atoms. The highest BCUT2D eigenvalue weighted by Crippen LogP contribution is 2.26. The van der Waals surface area contributed by atoms with Gasteiger partial charge >= 0.3 is 5.69 Å². The van der Waals surface area contributed by atoms with Gasteiger partial charge in [-0.25, -0.2) is 9.78 Å². The third kappa shape index (κ3) is 3.61. The zero-order valence-electron chi connectivity index (χ0n) is 15.3. The van der Waals surface area contributed by atoms with Crippen LogP contribution in [0.4, 0.5) is 5.13 Å². The molecule has 1 amide bonds. The predicted molar refractivity (Wildman–Crippen MR) is 115 cm³/mol. The van der Waals surface area contributed by atoms with Crippen LogP contribution in [-0.2, 0) is 25.3 Å². The zero-order valence-corrected chi connectivity index (χ0v) is 17.7. The van der Waals surface area contributed by atoms with Gasteiger partial charge in [-0.2, -0.15) is 4.37 Å². The predicted octanol–water partition coefficient (Wildman–Crippen LogP) is 2.65. The second kappa shape index (κ2) is 7.54. The van der Waals surface area contributed by atoms with Crippen LogP contribution in [0.5, 0.6) is 0 Å². The van der Waals surface area contributed by atoms with E-state index in [4.69, 9.17) is 11.6 Å². The Morgan fingerprint density at radius 2 is 1.90 bits per heavy atom. The first-order chi connectivity index (χ1) is 13.8. The minimum atomic E-state index is -0.459. The van der Waals surface area contributed by atoms with Crippen LogP contribution < -0.4 is 16.6 Å². The molecule has 0 saturated carbocycles. The summed E-state index contributed by atoms with van der Waals surface area (Å²) in [5, 5.41) is 5.97. The van der Waals surface area contributed by atoms with Crippen molar-refractivity contribution in [1.29, 1.82) is 0 Å². The van der Waals surface area contributed by atoms with Crippen molar-refractivity contribution in [3.05, 3.63) is 60.4 Å². The highest BCUT2D eigenvalue weighted by Gasteiger charge is 2.19. The SMILES string of the molecule is Cn1c(=O)c2c(CC(=O)Nc3nc(-c4ccc(Cl)cc4)cs3)snc2n(C)c1=O. The molecule has 1 aromatic carbocycles. The van der Waals surface area contributed by atoms with Crippen molar-refractivity contribution in [3.63, 3.8) is 0 Å². The molecule has 0 unspecified atom stereocenters. The van der Waals surface area contributed by atoms with Gasteiger partial charge in [0.25, 0.3) is 5.56 Å². The number of thiazole rings is 1. The molecule has 29 heavy (non-hydrogen) atoms. The zero-order chi connectivity index (χ0) is 20.7. The Morgan fingerprint density at radius 3 is 2.62 bits per heavy atom. The quantitative estimate of drug-likeness (QED) is 0.518. The van der Waals surface area contributed by atoms with Crippen LogP contribution in [0.2, 0.25) is 5.02 Å². The molecule has 4 aromatic rings. The summed E-state index contributed by atoms with van der Waals surface area (Å²) < 4.78 is 6.49. The van der Waals surface area contributed by atoms with E-state index in [-0.39, 0.29) is 23.4 Å². The first-order valence-corrected chi connectivity index (χ1v) is 10.4. The number of aryl methyl sites for hydroxylation is 1. The Labute approximate surface area is 177 Å². The number of amides is 1. The molecule has 0 aliphatic carbocycles. The van der Waals surface area contributed by atoms with Crippen LogP contribution in [0.25, 0.3) is 22.3 Å². The fourth-order valence-electron chi connectivity index (χ4n) is 2.84. The van der Waals surface area contributed by atoms with Crippen molar-refractivity contribution in [2.75, 3.05) is 5.32 Å². The van der Waals surface area contributed by atoms with Crippen LogP contribution in [-0.4, -0.2) is 24.4 Å². The first-order valence-electron chi connectivity index (χ1n) is 8.40. The lowest BCUT2D eigenvalue weighted by Gasteiger charge is -2.04. The summed E-state index contributed by atoms with van der Waals surface area (Å²) in [7, 11) is 2.95. The van der Waals surface area contributed by atoms with E-state index in [0.717, 1.165) is 27.4 Å². The average molecular weight is 448 g/mol. The Hall–Kier alpha value is -2.82. The summed E-state index contributed by atoms with van der Waals surface area (Å²) in [6, 6.07) is 7.26. The van der Waals surface area contributed by atoms with Gasteiger partial charge in [0.05, 0.1) is 17.5 Å². The van der Waals surface area contributed by atoms with E-state index in [9.17, 15) is 14.4 Å². The number of carbonyl (C=O) groups excluding carboxylic acids is 1. The van der Waals surface area contributed by atoms with E-state index in [1.807, 2.05) is 17.5 Å². The average Bonchev–Trinajstić information content (AvgIpc) is 3.32. The summed E-state index contributed by atoms with van der Waals surface area (Å²) in [6.45, 7) is 0. The maximum absolute atomic E-state index is 12.5. The summed E-state index contributed by atoms with van der Waals surface area (Å²) in [5.41, 5.74) is 0.989. The van der Waals surface area contributed by atoms with Crippen LogP contribution >= 0.6 is 34.5 Å². The highest BCUT2D eigenvalue weighted by atomic mass is 35.5. The third-order valence-electron chi connectivity index (χ3n) is 4.37. The van der Waals surface area contributed by atoms with E-state index >= 15 is 0 Å². The van der Waals surface area contributed by atoms with Gasteiger partial charge in [-0.1, -0.05) is 23.7 Å². The van der Waals surface area contributed by atoms with E-state index in [2.05, 4.69) is 14.7 Å². The smallest absolute Gasteiger partial charge is 0.302 e. The Kier molecular flexibility index (Phi) is 5.07. The maximum atomic E-state index is 12.5. The molecule has 8 nitrogen and oxygen atoms in total. The van der Waals surface area contributed by atoms with Gasteiger partial charge in [0.15, 0.2) is 10.8 Å². The fraction of sp³-hybridized carbons (Fsp3) is 0.167. The van der Waals surface area contributed by atoms with Crippen LogP contribution in [0.15, 0.2) is 39.2 Å². The lowest BCUT2D eigenvalue weighted by Crippen LogP contribution is -2.37. The van der Waals surface area contributed by atoms with E-state index in [0.29, 0.717) is 15.0 Å². The summed E-state index contributed by atoms with van der Waals surface area (Å²) >= 11 is 8.24. The normalized spacial score (nSPS) is 11.1. The molecule has 0 aliphatic heterocycles. The third-order valence-corrected chi connectivity index (χ3v) is 6.21. The van der Waals surface area contributed by atoms with Crippen LogP contribution in [0.1, 0.15) is 4.88 Å². The van der Waals surface area contributed by atoms with E-state index in [1.54, 1.807) is 19.2 Å². The van der Waals surface area contributed by atoms with Gasteiger partial charge in [0.1, 0.15) is 0 Å². The summed E-state index contributed by atoms with van der Waals surface area (Å²) in [6.07, 6.45) is -0.0372. The molecule has 3 aromatic heterocycles. The van der Waals surface area contributed by atoms with Gasteiger partial charge in [0.2, 0.25) is 5.91 Å². The largest absolute Gasteiger partial charge is 0.332 e. The molecule has 0 radical (unpaired) electrons. The summed E-state index contributed by atoms with van der Waals surface area (Å²) in [5.74, 6) is -0.316. The molecule has 0 atom stereocenters. The number of hydrogen-bond acceptors (Lipinski definition) is 7. The maximum Gasteiger partial charge on any atom is 0.332 e. The van der Waals surface area contributed by atoms with Gasteiger partial charge in [-0.15, -0.1) is 11.3 Å². The van der Waals surface area contributed by atoms with Crippen molar-refractivity contribution >= 4 is 56.5 Å². The van der Waals surface area contributed by atoms with Crippen LogP contribution in [0.3, 0.4) is 0 Å². The Bertz CT molecular complexity index is 1350. The molecule has 0 aliphatic rings. The van der Waals surface area contributed by atoms with Gasteiger partial charge in [-0.05, 0) is 23.7 Å². The van der Waals surface area contributed by atoms with E-state index < -0.39 is 11.2 Å². The molecule has 0 saturated heterocycles. The second-order valence-corrected chi connectivity index (χ2v) is 8.43. The first kappa shape index (κ1) is 19.5. The lowest BCUT2D eigenvalue weighted by atomic mass is 10.2. The van der Waals surface area contributed by atoms with Crippen molar-refractivity contribution in [2.45, 2.75) is 6.42 Å². The number of benzene rings is 1. The molecule has 3 heterocycles. The number of aromatic nitrogens is 4. The molecular formula is C18H14ClN5O3S2. The van der Waals surface area contributed by atoms with Crippen molar-refractivity contribution in [3.8, 4) is 11.3 Å². The van der Waals surface area contributed by atoms with Crippen molar-refractivity contribution in [2.24, 2.45) is 14.1 Å². The number of fused-ring (bicyclic) bond motifs is 1. The van der Waals surface area contributed by atoms with Gasteiger partial charge < -0.3 is 5.32 Å². The number of nitrogens with zero attached hydrogens (tertiary/aromatic N) is 4. The summed E-state index contributed by atoms with van der Waals surface area (Å²) in [4.78, 5) is 41.9. The lowest BCUT2D eigenvalue weighted by molar-refractivity contribution is -0.115. The second-order valence-electron chi connectivity index (χ2n) is 6.28. The number of hydrogen-bond donors (Lipinski definition) is 1. The van der Waals surface area contributed by atoms with Crippen molar-refractivity contribution in [1.82, 2.24) is 18.5 Å². The molecule has 1 N–H and O–H groups in total. The number of halogens is 1. The molecule has 11 heteroatoms. The standard InChI is InChI=1S/C18H14ClN5O3S2/c1-23-15-14(16(26)24(2)18(23)27)12(29-22-15)7-13(25)21-17-20-11(8-28-17)9-3-5-10(19)6-4-9/h3-6,8H,7H2,1-2H3,(H,20,21,25). The van der Waals surface area contributed by atoms with Gasteiger partial charge in [-0.3, -0.25) is 18.7 Å².